The second-order valence-corrected chi connectivity index (χ2v) is 9.62. The molecule has 2 aliphatic heterocycles. The van der Waals surface area contributed by atoms with Crippen molar-refractivity contribution >= 4 is 23.5 Å². The van der Waals surface area contributed by atoms with Gasteiger partial charge in [-0.1, -0.05) is 26.2 Å². The Bertz CT molecular complexity index is 240. The zero-order valence-corrected chi connectivity index (χ0v) is 14.1. The van der Waals surface area contributed by atoms with Crippen molar-refractivity contribution in [1.82, 2.24) is 0 Å². The predicted octanol–water partition coefficient (Wildman–Crippen LogP) is 5.61. The van der Waals surface area contributed by atoms with Crippen molar-refractivity contribution < 1.29 is 0 Å². The van der Waals surface area contributed by atoms with Gasteiger partial charge in [-0.25, -0.2) is 0 Å². The predicted molar refractivity (Wildman–Crippen MR) is 90.2 cm³/mol. The summed E-state index contributed by atoms with van der Waals surface area (Å²) >= 11 is 4.63. The molecule has 3 rings (SSSR count). The van der Waals surface area contributed by atoms with Gasteiger partial charge in [-0.15, -0.1) is 0 Å². The maximum absolute atomic E-state index is 2.61. The van der Waals surface area contributed by atoms with Gasteiger partial charge in [0.05, 0.1) is 0 Å². The zero-order valence-electron chi connectivity index (χ0n) is 12.5. The zero-order chi connectivity index (χ0) is 13.1. The molecule has 1 saturated carbocycles. The summed E-state index contributed by atoms with van der Waals surface area (Å²) in [5, 5.41) is 2.03. The summed E-state index contributed by atoms with van der Waals surface area (Å²) < 4.78 is 0. The molecule has 19 heavy (non-hydrogen) atoms. The third kappa shape index (κ3) is 3.48. The molecule has 0 radical (unpaired) electrons. The second-order valence-electron chi connectivity index (χ2n) is 6.93. The van der Waals surface area contributed by atoms with Gasteiger partial charge in [-0.05, 0) is 67.8 Å². The van der Waals surface area contributed by atoms with Crippen molar-refractivity contribution in [2.24, 2.45) is 17.8 Å². The maximum atomic E-state index is 2.61. The van der Waals surface area contributed by atoms with Gasteiger partial charge in [-0.2, -0.15) is 23.5 Å². The van der Waals surface area contributed by atoms with Gasteiger partial charge < -0.3 is 0 Å². The van der Waals surface area contributed by atoms with E-state index >= 15 is 0 Å². The normalized spacial score (nSPS) is 45.0. The van der Waals surface area contributed by atoms with Crippen molar-refractivity contribution in [3.05, 3.63) is 0 Å². The Morgan fingerprint density at radius 1 is 0.632 bits per heavy atom. The van der Waals surface area contributed by atoms with Crippen LogP contribution in [0.4, 0.5) is 0 Å². The molecule has 1 aliphatic carbocycles. The molecule has 0 N–H and O–H groups in total. The van der Waals surface area contributed by atoms with Crippen molar-refractivity contribution in [2.75, 3.05) is 11.5 Å². The first-order chi connectivity index (χ1) is 9.36. The first kappa shape index (κ1) is 14.6. The molecule has 0 nitrogen and oxygen atoms in total. The van der Waals surface area contributed by atoms with Crippen LogP contribution >= 0.6 is 23.5 Å². The van der Waals surface area contributed by atoms with Crippen LogP contribution in [0.2, 0.25) is 0 Å². The summed E-state index contributed by atoms with van der Waals surface area (Å²) in [4.78, 5) is 0. The van der Waals surface area contributed by atoms with E-state index in [-0.39, 0.29) is 0 Å². The largest absolute Gasteiger partial charge is 0.158 e. The molecule has 4 atom stereocenters. The Morgan fingerprint density at radius 2 is 1.16 bits per heavy atom. The molecule has 0 amide bonds. The fraction of sp³-hybridized carbons (Fsp3) is 1.00. The van der Waals surface area contributed by atoms with Crippen LogP contribution in [0.15, 0.2) is 0 Å². The SMILES string of the molecule is CC1C(C2CCCCS2)CCCC1C1CCCCS1. The van der Waals surface area contributed by atoms with Crippen LogP contribution in [-0.2, 0) is 0 Å². The molecule has 0 aromatic carbocycles. The number of hydrogen-bond acceptors (Lipinski definition) is 2. The fourth-order valence-electron chi connectivity index (χ4n) is 4.69. The molecule has 0 aromatic rings. The number of rotatable bonds is 2. The lowest BCUT2D eigenvalue weighted by molar-refractivity contribution is 0.154. The van der Waals surface area contributed by atoms with Crippen LogP contribution < -0.4 is 0 Å². The lowest BCUT2D eigenvalue weighted by atomic mass is 9.69. The second kappa shape index (κ2) is 7.11. The highest BCUT2D eigenvalue weighted by molar-refractivity contribution is 8.00. The molecule has 2 heteroatoms. The molecular formula is C17H30S2. The minimum absolute atomic E-state index is 1.000. The van der Waals surface area contributed by atoms with E-state index in [9.17, 15) is 0 Å². The van der Waals surface area contributed by atoms with Crippen LogP contribution in [0.3, 0.4) is 0 Å². The summed E-state index contributed by atoms with van der Waals surface area (Å²) in [6.07, 6.45) is 13.6. The van der Waals surface area contributed by atoms with Crippen molar-refractivity contribution in [3.63, 3.8) is 0 Å². The van der Waals surface area contributed by atoms with E-state index < -0.39 is 0 Å². The minimum atomic E-state index is 1.000. The Hall–Kier alpha value is 0.700. The lowest BCUT2D eigenvalue weighted by Crippen LogP contribution is -2.39. The molecule has 3 aliphatic rings. The average Bonchev–Trinajstić information content (AvgIpc) is 2.49. The number of hydrogen-bond donors (Lipinski definition) is 0. The van der Waals surface area contributed by atoms with E-state index in [0.717, 1.165) is 28.3 Å². The van der Waals surface area contributed by atoms with E-state index in [1.165, 1.54) is 69.3 Å². The Morgan fingerprint density at radius 3 is 1.58 bits per heavy atom. The summed E-state index contributed by atoms with van der Waals surface area (Å²) in [5.74, 6) is 5.98. The smallest absolute Gasteiger partial charge is 0.00779 e. The summed E-state index contributed by atoms with van der Waals surface area (Å²) in [6.45, 7) is 2.61. The van der Waals surface area contributed by atoms with Gasteiger partial charge in [0.1, 0.15) is 0 Å². The van der Waals surface area contributed by atoms with E-state index in [1.54, 1.807) is 0 Å². The van der Waals surface area contributed by atoms with Gasteiger partial charge in [0.25, 0.3) is 0 Å². The van der Waals surface area contributed by atoms with Crippen LogP contribution in [0.25, 0.3) is 0 Å². The highest BCUT2D eigenvalue weighted by Gasteiger charge is 2.39. The molecule has 2 heterocycles. The van der Waals surface area contributed by atoms with Crippen LogP contribution in [0.1, 0.15) is 64.7 Å². The minimum Gasteiger partial charge on any atom is -0.158 e. The topological polar surface area (TPSA) is 0 Å². The van der Waals surface area contributed by atoms with Crippen molar-refractivity contribution in [1.29, 1.82) is 0 Å². The van der Waals surface area contributed by atoms with E-state index in [4.69, 9.17) is 0 Å². The molecular weight excluding hydrogens is 268 g/mol. The maximum Gasteiger partial charge on any atom is 0.00779 e. The van der Waals surface area contributed by atoms with Gasteiger partial charge in [0, 0.05) is 10.5 Å². The van der Waals surface area contributed by atoms with Gasteiger partial charge in [-0.3, -0.25) is 0 Å². The molecule has 3 fully saturated rings. The number of thioether (sulfide) groups is 2. The summed E-state index contributed by atoms with van der Waals surface area (Å²) in [6, 6.07) is 0. The molecule has 4 unspecified atom stereocenters. The molecule has 0 bridgehead atoms. The molecule has 2 saturated heterocycles. The fourth-order valence-corrected chi connectivity index (χ4v) is 7.96. The first-order valence-corrected chi connectivity index (χ1v) is 10.7. The summed E-state index contributed by atoms with van der Waals surface area (Å²) in [7, 11) is 0. The standard InChI is InChI=1S/C17H30S2/c1-13-14(16-9-2-4-11-18-16)7-6-8-15(13)17-10-3-5-12-19-17/h13-17H,2-12H2,1H3. The molecule has 0 spiro atoms. The quantitative estimate of drug-likeness (QED) is 0.650. The average molecular weight is 299 g/mol. The van der Waals surface area contributed by atoms with Crippen molar-refractivity contribution in [2.45, 2.75) is 75.2 Å². The van der Waals surface area contributed by atoms with Crippen LogP contribution in [-0.4, -0.2) is 22.0 Å². The first-order valence-electron chi connectivity index (χ1n) is 8.59. The van der Waals surface area contributed by atoms with Crippen LogP contribution in [0, 0.1) is 17.8 Å². The molecule has 0 aromatic heterocycles. The highest BCUT2D eigenvalue weighted by atomic mass is 32.2. The Balaban J connectivity index is 1.62. The van der Waals surface area contributed by atoms with Gasteiger partial charge >= 0.3 is 0 Å². The third-order valence-electron chi connectivity index (χ3n) is 5.81. The van der Waals surface area contributed by atoms with Gasteiger partial charge in [0.2, 0.25) is 0 Å². The molecule has 110 valence electrons. The Kier molecular flexibility index (Phi) is 5.48. The highest BCUT2D eigenvalue weighted by Crippen LogP contribution is 2.48. The van der Waals surface area contributed by atoms with Gasteiger partial charge in [0.15, 0.2) is 0 Å². The third-order valence-corrected chi connectivity index (χ3v) is 8.89. The van der Waals surface area contributed by atoms with E-state index in [0.29, 0.717) is 0 Å². The van der Waals surface area contributed by atoms with E-state index in [2.05, 4.69) is 30.4 Å². The monoisotopic (exact) mass is 298 g/mol. The lowest BCUT2D eigenvalue weighted by Gasteiger charge is -2.45. The van der Waals surface area contributed by atoms with E-state index in [1.807, 2.05) is 0 Å². The van der Waals surface area contributed by atoms with Crippen LogP contribution in [0.5, 0.6) is 0 Å². The van der Waals surface area contributed by atoms with Crippen molar-refractivity contribution in [3.8, 4) is 0 Å². The Labute approximate surface area is 128 Å². The summed E-state index contributed by atoms with van der Waals surface area (Å²) in [5.41, 5.74) is 0.